The Balaban J connectivity index is 1.91. The van der Waals surface area contributed by atoms with Gasteiger partial charge in [-0.3, -0.25) is 4.79 Å². The summed E-state index contributed by atoms with van der Waals surface area (Å²) in [4.78, 5) is 12.6. The predicted octanol–water partition coefficient (Wildman–Crippen LogP) is 2.93. The Morgan fingerprint density at radius 1 is 1.29 bits per heavy atom. The lowest BCUT2D eigenvalue weighted by Crippen LogP contribution is -2.51. The van der Waals surface area contributed by atoms with Crippen LogP contribution in [0.3, 0.4) is 0 Å². The highest BCUT2D eigenvalue weighted by molar-refractivity contribution is 6.74. The molecule has 1 N–H and O–H groups in total. The van der Waals surface area contributed by atoms with E-state index in [4.69, 9.17) is 13.9 Å². The number of aliphatic hydroxyl groups excluding tert-OH is 1. The van der Waals surface area contributed by atoms with Gasteiger partial charge in [-0.15, -0.1) is 0 Å². The van der Waals surface area contributed by atoms with E-state index < -0.39 is 14.6 Å². The normalized spacial score (nSPS) is 36.5. The number of ether oxygens (including phenoxy) is 2. The molecule has 2 heterocycles. The summed E-state index contributed by atoms with van der Waals surface area (Å²) >= 11 is 0. The third kappa shape index (κ3) is 3.03. The molecule has 0 aromatic heterocycles. The Morgan fingerprint density at radius 2 is 1.96 bits per heavy atom. The van der Waals surface area contributed by atoms with Crippen molar-refractivity contribution in [1.82, 2.24) is 0 Å². The largest absolute Gasteiger partial charge is 0.407 e. The van der Waals surface area contributed by atoms with Crippen LogP contribution in [0.2, 0.25) is 18.1 Å². The molecule has 0 aromatic carbocycles. The first kappa shape index (κ1) is 18.3. The molecule has 24 heavy (non-hydrogen) atoms. The molecule has 1 aliphatic carbocycles. The lowest BCUT2D eigenvalue weighted by molar-refractivity contribution is -0.138. The molecule has 1 saturated heterocycles. The third-order valence-electron chi connectivity index (χ3n) is 5.89. The summed E-state index contributed by atoms with van der Waals surface area (Å²) in [6, 6.07) is 0. The van der Waals surface area contributed by atoms with Crippen LogP contribution in [0.5, 0.6) is 0 Å². The van der Waals surface area contributed by atoms with Gasteiger partial charge in [0.05, 0.1) is 6.10 Å². The van der Waals surface area contributed by atoms with Crippen LogP contribution in [0.15, 0.2) is 11.1 Å². The molecular weight excluding hydrogens is 324 g/mol. The summed E-state index contributed by atoms with van der Waals surface area (Å²) in [7, 11) is -2.06. The molecule has 3 aliphatic rings. The quantitative estimate of drug-likeness (QED) is 0.621. The van der Waals surface area contributed by atoms with Gasteiger partial charge in [0.2, 0.25) is 0 Å². The second kappa shape index (κ2) is 6.02. The van der Waals surface area contributed by atoms with Gasteiger partial charge in [0.25, 0.3) is 0 Å². The van der Waals surface area contributed by atoms with Crippen molar-refractivity contribution in [3.05, 3.63) is 11.1 Å². The molecule has 3 rings (SSSR count). The summed E-state index contributed by atoms with van der Waals surface area (Å²) in [5, 5.41) is 10.6. The highest BCUT2D eigenvalue weighted by Gasteiger charge is 2.60. The van der Waals surface area contributed by atoms with Crippen LogP contribution in [-0.2, 0) is 18.7 Å². The molecule has 1 unspecified atom stereocenters. The molecule has 0 spiro atoms. The SMILES string of the molecule is CCC[C@@H]1CC2=C(C(O)O1)[C@@H](O[Si](C)(C)C(C)(C)C)[C@@H]1O[C@@H]1C2=O. The molecule has 6 heteroatoms. The van der Waals surface area contributed by atoms with E-state index >= 15 is 0 Å². The number of Topliss-reactive ketones (excluding diaryl/α,β-unsaturated/α-hetero) is 1. The maximum absolute atomic E-state index is 12.6. The lowest BCUT2D eigenvalue weighted by atomic mass is 9.83. The summed E-state index contributed by atoms with van der Waals surface area (Å²) in [6.07, 6.45) is 0.192. The average molecular weight is 355 g/mol. The zero-order chi connectivity index (χ0) is 17.9. The number of hydrogen-bond acceptors (Lipinski definition) is 5. The number of carbonyl (C=O) groups is 1. The van der Waals surface area contributed by atoms with Crippen LogP contribution in [0.25, 0.3) is 0 Å². The van der Waals surface area contributed by atoms with E-state index in [1.807, 2.05) is 0 Å². The summed E-state index contributed by atoms with van der Waals surface area (Å²) in [6.45, 7) is 13.0. The Bertz CT molecular complexity index is 562. The first-order chi connectivity index (χ1) is 11.1. The molecule has 136 valence electrons. The standard InChI is InChI=1S/C18H30O5Si/c1-7-8-10-9-11-12(17(20)21-10)14(16-15(22-16)13(11)19)23-24(5,6)18(2,3)4/h10,14-17,20H,7-9H2,1-6H3/t10-,14-,15-,16+,17?/m1/s1. The van der Waals surface area contributed by atoms with E-state index in [9.17, 15) is 9.90 Å². The van der Waals surface area contributed by atoms with Gasteiger partial charge in [-0.1, -0.05) is 34.1 Å². The average Bonchev–Trinajstić information content (AvgIpc) is 3.23. The topological polar surface area (TPSA) is 68.3 Å². The van der Waals surface area contributed by atoms with Gasteiger partial charge < -0.3 is 19.0 Å². The Hall–Kier alpha value is -0.533. The monoisotopic (exact) mass is 354 g/mol. The van der Waals surface area contributed by atoms with E-state index in [1.165, 1.54) is 0 Å². The third-order valence-corrected chi connectivity index (χ3v) is 10.3. The zero-order valence-electron chi connectivity index (χ0n) is 15.6. The first-order valence-corrected chi connectivity index (χ1v) is 11.9. The van der Waals surface area contributed by atoms with Crippen molar-refractivity contribution in [2.75, 3.05) is 0 Å². The molecule has 0 aromatic rings. The number of ketones is 1. The number of fused-ring (bicyclic) bond motifs is 1. The van der Waals surface area contributed by atoms with E-state index in [0.29, 0.717) is 17.6 Å². The van der Waals surface area contributed by atoms with Crippen molar-refractivity contribution in [2.45, 2.75) is 95.8 Å². The van der Waals surface area contributed by atoms with Crippen molar-refractivity contribution in [1.29, 1.82) is 0 Å². The fourth-order valence-corrected chi connectivity index (χ4v) is 4.63. The van der Waals surface area contributed by atoms with E-state index in [-0.39, 0.29) is 35.2 Å². The van der Waals surface area contributed by atoms with Gasteiger partial charge in [-0.25, -0.2) is 0 Å². The van der Waals surface area contributed by atoms with Crippen LogP contribution >= 0.6 is 0 Å². The van der Waals surface area contributed by atoms with Crippen molar-refractivity contribution in [3.63, 3.8) is 0 Å². The van der Waals surface area contributed by atoms with Crippen molar-refractivity contribution in [2.24, 2.45) is 0 Å². The first-order valence-electron chi connectivity index (χ1n) is 9.00. The van der Waals surface area contributed by atoms with Gasteiger partial charge in [-0.2, -0.15) is 0 Å². The van der Waals surface area contributed by atoms with Crippen LogP contribution in [0.4, 0.5) is 0 Å². The molecule has 5 nitrogen and oxygen atoms in total. The Kier molecular flexibility index (Phi) is 4.58. The molecule has 0 radical (unpaired) electrons. The lowest BCUT2D eigenvalue weighted by Gasteiger charge is -2.42. The molecule has 0 bridgehead atoms. The van der Waals surface area contributed by atoms with Gasteiger partial charge in [-0.05, 0) is 24.6 Å². The minimum absolute atomic E-state index is 0.0218. The molecule has 1 fully saturated rings. The number of carbonyl (C=O) groups excluding carboxylic acids is 1. The van der Waals surface area contributed by atoms with Gasteiger partial charge in [0.1, 0.15) is 18.3 Å². The summed E-state index contributed by atoms with van der Waals surface area (Å²) in [5.41, 5.74) is 1.31. The van der Waals surface area contributed by atoms with E-state index in [2.05, 4.69) is 40.8 Å². The summed E-state index contributed by atoms with van der Waals surface area (Å²) in [5.74, 6) is 0.0218. The Morgan fingerprint density at radius 3 is 2.54 bits per heavy atom. The number of epoxide rings is 1. The minimum atomic E-state index is -2.06. The minimum Gasteiger partial charge on any atom is -0.407 e. The van der Waals surface area contributed by atoms with E-state index in [1.54, 1.807) is 0 Å². The highest BCUT2D eigenvalue weighted by Crippen LogP contribution is 2.48. The van der Waals surface area contributed by atoms with Crippen molar-refractivity contribution in [3.8, 4) is 0 Å². The van der Waals surface area contributed by atoms with Crippen LogP contribution < -0.4 is 0 Å². The zero-order valence-corrected chi connectivity index (χ0v) is 16.6. The smallest absolute Gasteiger partial charge is 0.193 e. The summed E-state index contributed by atoms with van der Waals surface area (Å²) < 4.78 is 17.9. The molecule has 2 aliphatic heterocycles. The van der Waals surface area contributed by atoms with Gasteiger partial charge in [0.15, 0.2) is 20.4 Å². The molecule has 0 amide bonds. The predicted molar refractivity (Wildman–Crippen MR) is 93.2 cm³/mol. The molecule has 5 atom stereocenters. The highest BCUT2D eigenvalue weighted by atomic mass is 28.4. The number of rotatable bonds is 4. The Labute approximate surface area is 145 Å². The van der Waals surface area contributed by atoms with Crippen molar-refractivity contribution < 1.29 is 23.8 Å². The second-order valence-corrected chi connectivity index (χ2v) is 13.5. The molecule has 0 saturated carbocycles. The fourth-order valence-electron chi connectivity index (χ4n) is 3.38. The van der Waals surface area contributed by atoms with Crippen LogP contribution in [0, 0.1) is 0 Å². The van der Waals surface area contributed by atoms with Crippen LogP contribution in [-0.4, -0.2) is 49.9 Å². The maximum atomic E-state index is 12.6. The fraction of sp³-hybridized carbons (Fsp3) is 0.833. The van der Waals surface area contributed by atoms with Gasteiger partial charge in [0, 0.05) is 17.6 Å². The van der Waals surface area contributed by atoms with Gasteiger partial charge >= 0.3 is 0 Å². The van der Waals surface area contributed by atoms with Crippen LogP contribution in [0.1, 0.15) is 47.0 Å². The number of hydrogen-bond donors (Lipinski definition) is 1. The molecular formula is C18H30O5Si. The second-order valence-electron chi connectivity index (χ2n) is 8.72. The number of aliphatic hydroxyl groups is 1. The maximum Gasteiger partial charge on any atom is 0.193 e. The van der Waals surface area contributed by atoms with E-state index in [0.717, 1.165) is 12.8 Å². The van der Waals surface area contributed by atoms with Crippen molar-refractivity contribution >= 4 is 14.1 Å².